The van der Waals surface area contributed by atoms with Gasteiger partial charge < -0.3 is 9.88 Å². The van der Waals surface area contributed by atoms with Crippen LogP contribution in [0.25, 0.3) is 11.4 Å². The zero-order chi connectivity index (χ0) is 17.8. The van der Waals surface area contributed by atoms with Crippen LogP contribution in [0.5, 0.6) is 0 Å². The lowest BCUT2D eigenvalue weighted by Gasteiger charge is -2.13. The van der Waals surface area contributed by atoms with Gasteiger partial charge in [-0.05, 0) is 37.6 Å². The van der Waals surface area contributed by atoms with E-state index in [0.717, 1.165) is 22.6 Å². The Labute approximate surface area is 150 Å². The number of nitrogens with one attached hydrogen (secondary N) is 1. The fraction of sp³-hybridized carbons (Fsp3) is 0.222. The first-order valence-corrected chi connectivity index (χ1v) is 8.77. The average Bonchev–Trinajstić information content (AvgIpc) is 2.98. The summed E-state index contributed by atoms with van der Waals surface area (Å²) in [5, 5.41) is 11.8. The maximum atomic E-state index is 12.5. The molecule has 1 aromatic carbocycles. The summed E-state index contributed by atoms with van der Waals surface area (Å²) < 4.78 is 1.87. The van der Waals surface area contributed by atoms with E-state index in [1.807, 2.05) is 61.9 Å². The summed E-state index contributed by atoms with van der Waals surface area (Å²) in [6.45, 7) is 3.83. The van der Waals surface area contributed by atoms with Crippen LogP contribution < -0.4 is 5.32 Å². The van der Waals surface area contributed by atoms with Crippen molar-refractivity contribution >= 4 is 23.4 Å². The van der Waals surface area contributed by atoms with Crippen molar-refractivity contribution in [3.05, 3.63) is 54.4 Å². The van der Waals surface area contributed by atoms with Crippen LogP contribution in [0.1, 0.15) is 12.5 Å². The van der Waals surface area contributed by atoms with E-state index in [0.29, 0.717) is 5.16 Å². The van der Waals surface area contributed by atoms with Crippen LogP contribution in [0.3, 0.4) is 0 Å². The molecule has 0 saturated carbocycles. The number of carbonyl (C=O) groups is 1. The third-order valence-corrected chi connectivity index (χ3v) is 4.94. The quantitative estimate of drug-likeness (QED) is 0.713. The first kappa shape index (κ1) is 17.2. The van der Waals surface area contributed by atoms with Gasteiger partial charge in [0.1, 0.15) is 0 Å². The number of rotatable bonds is 5. The van der Waals surface area contributed by atoms with Crippen molar-refractivity contribution in [1.82, 2.24) is 19.7 Å². The van der Waals surface area contributed by atoms with Crippen molar-refractivity contribution in [2.24, 2.45) is 7.05 Å². The van der Waals surface area contributed by atoms with Gasteiger partial charge in [0.05, 0.1) is 5.25 Å². The minimum Gasteiger partial charge on any atom is -0.325 e. The Bertz CT molecular complexity index is 878. The fourth-order valence-corrected chi connectivity index (χ4v) is 3.14. The number of para-hydroxylation sites is 1. The third kappa shape index (κ3) is 3.88. The Morgan fingerprint density at radius 2 is 2.00 bits per heavy atom. The summed E-state index contributed by atoms with van der Waals surface area (Å²) in [4.78, 5) is 16.6. The second-order valence-corrected chi connectivity index (χ2v) is 6.98. The molecule has 1 N–H and O–H groups in total. The van der Waals surface area contributed by atoms with Crippen molar-refractivity contribution in [1.29, 1.82) is 0 Å². The zero-order valence-corrected chi connectivity index (χ0v) is 15.1. The summed E-state index contributed by atoms with van der Waals surface area (Å²) in [6.07, 6.45) is 3.46. The van der Waals surface area contributed by atoms with Crippen molar-refractivity contribution in [3.63, 3.8) is 0 Å². The molecule has 2 aromatic heterocycles. The van der Waals surface area contributed by atoms with E-state index in [-0.39, 0.29) is 11.2 Å². The Balaban J connectivity index is 1.71. The molecule has 3 rings (SSSR count). The molecule has 2 heterocycles. The number of hydrogen-bond donors (Lipinski definition) is 1. The van der Waals surface area contributed by atoms with E-state index in [4.69, 9.17) is 0 Å². The summed E-state index contributed by atoms with van der Waals surface area (Å²) in [5.74, 6) is 0.660. The standard InChI is InChI=1S/C18H19N5OS/c1-12-7-4-5-9-15(12)20-17(24)13(2)25-18-22-21-16(23(18)3)14-8-6-10-19-11-14/h4-11,13H,1-3H3,(H,20,24)/t13-/m0/s1. The highest BCUT2D eigenvalue weighted by atomic mass is 32.2. The summed E-state index contributed by atoms with van der Waals surface area (Å²) in [6, 6.07) is 11.5. The van der Waals surface area contributed by atoms with Gasteiger partial charge in [0.25, 0.3) is 0 Å². The largest absolute Gasteiger partial charge is 0.325 e. The van der Waals surface area contributed by atoms with Crippen LogP contribution in [0.15, 0.2) is 53.9 Å². The molecule has 128 valence electrons. The molecule has 25 heavy (non-hydrogen) atoms. The number of pyridine rings is 1. The highest BCUT2D eigenvalue weighted by molar-refractivity contribution is 8.00. The van der Waals surface area contributed by atoms with Gasteiger partial charge >= 0.3 is 0 Å². The number of nitrogens with zero attached hydrogens (tertiary/aromatic N) is 4. The Hall–Kier alpha value is -2.67. The molecule has 0 unspecified atom stereocenters. The predicted octanol–water partition coefficient (Wildman–Crippen LogP) is 3.30. The molecule has 1 atom stereocenters. The maximum Gasteiger partial charge on any atom is 0.237 e. The SMILES string of the molecule is Cc1ccccc1NC(=O)[C@H](C)Sc1nnc(-c2cccnc2)n1C. The monoisotopic (exact) mass is 353 g/mol. The van der Waals surface area contributed by atoms with Gasteiger partial charge in [0.15, 0.2) is 11.0 Å². The molecule has 1 amide bonds. The minimum atomic E-state index is -0.302. The molecule has 0 fully saturated rings. The van der Waals surface area contributed by atoms with Crippen molar-refractivity contribution in [2.75, 3.05) is 5.32 Å². The van der Waals surface area contributed by atoms with E-state index in [1.54, 1.807) is 12.4 Å². The normalized spacial score (nSPS) is 12.0. The van der Waals surface area contributed by atoms with Crippen molar-refractivity contribution in [3.8, 4) is 11.4 Å². The molecule has 0 radical (unpaired) electrons. The van der Waals surface area contributed by atoms with Crippen LogP contribution in [0.2, 0.25) is 0 Å². The number of benzene rings is 1. The van der Waals surface area contributed by atoms with Gasteiger partial charge in [-0.15, -0.1) is 10.2 Å². The molecule has 0 spiro atoms. The number of aryl methyl sites for hydroxylation is 1. The van der Waals surface area contributed by atoms with Crippen LogP contribution in [0, 0.1) is 6.92 Å². The summed E-state index contributed by atoms with van der Waals surface area (Å²) in [7, 11) is 1.89. The predicted molar refractivity (Wildman–Crippen MR) is 99.4 cm³/mol. The fourth-order valence-electron chi connectivity index (χ4n) is 2.32. The van der Waals surface area contributed by atoms with Gasteiger partial charge in [-0.2, -0.15) is 0 Å². The lowest BCUT2D eigenvalue weighted by Crippen LogP contribution is -2.23. The van der Waals surface area contributed by atoms with Gasteiger partial charge in [-0.3, -0.25) is 9.78 Å². The second kappa shape index (κ2) is 7.48. The number of carbonyl (C=O) groups excluding carboxylic acids is 1. The topological polar surface area (TPSA) is 72.7 Å². The van der Waals surface area contributed by atoms with Crippen LogP contribution in [0.4, 0.5) is 5.69 Å². The molecule has 7 heteroatoms. The Morgan fingerprint density at radius 3 is 2.72 bits per heavy atom. The number of anilines is 1. The van der Waals surface area contributed by atoms with Crippen LogP contribution in [-0.2, 0) is 11.8 Å². The summed E-state index contributed by atoms with van der Waals surface area (Å²) >= 11 is 1.38. The van der Waals surface area contributed by atoms with Crippen molar-refractivity contribution in [2.45, 2.75) is 24.3 Å². The molecule has 0 saturated heterocycles. The van der Waals surface area contributed by atoms with E-state index < -0.39 is 0 Å². The molecule has 0 aliphatic heterocycles. The molecular formula is C18H19N5OS. The first-order valence-electron chi connectivity index (χ1n) is 7.89. The molecule has 6 nitrogen and oxygen atoms in total. The molecular weight excluding hydrogens is 334 g/mol. The molecule has 3 aromatic rings. The average molecular weight is 353 g/mol. The maximum absolute atomic E-state index is 12.5. The lowest BCUT2D eigenvalue weighted by molar-refractivity contribution is -0.115. The van der Waals surface area contributed by atoms with Crippen LogP contribution in [-0.4, -0.2) is 30.9 Å². The Kier molecular flexibility index (Phi) is 5.14. The van der Waals surface area contributed by atoms with Crippen molar-refractivity contribution < 1.29 is 4.79 Å². The van der Waals surface area contributed by atoms with E-state index in [9.17, 15) is 4.79 Å². The summed E-state index contributed by atoms with van der Waals surface area (Å²) in [5.41, 5.74) is 2.75. The first-order chi connectivity index (χ1) is 12.1. The highest BCUT2D eigenvalue weighted by Gasteiger charge is 2.19. The molecule has 0 aliphatic rings. The minimum absolute atomic E-state index is 0.0646. The molecule has 0 bridgehead atoms. The Morgan fingerprint density at radius 1 is 1.20 bits per heavy atom. The van der Waals surface area contributed by atoms with Gasteiger partial charge in [0.2, 0.25) is 5.91 Å². The third-order valence-electron chi connectivity index (χ3n) is 3.81. The smallest absolute Gasteiger partial charge is 0.237 e. The number of thioether (sulfide) groups is 1. The van der Waals surface area contributed by atoms with E-state index in [2.05, 4.69) is 20.5 Å². The zero-order valence-electron chi connectivity index (χ0n) is 14.3. The van der Waals surface area contributed by atoms with E-state index in [1.165, 1.54) is 11.8 Å². The van der Waals surface area contributed by atoms with E-state index >= 15 is 0 Å². The van der Waals surface area contributed by atoms with Gasteiger partial charge in [-0.25, -0.2) is 0 Å². The number of aromatic nitrogens is 4. The molecule has 0 aliphatic carbocycles. The van der Waals surface area contributed by atoms with Crippen LogP contribution >= 0.6 is 11.8 Å². The lowest BCUT2D eigenvalue weighted by atomic mass is 10.2. The number of amides is 1. The second-order valence-electron chi connectivity index (χ2n) is 5.67. The van der Waals surface area contributed by atoms with Gasteiger partial charge in [-0.1, -0.05) is 30.0 Å². The van der Waals surface area contributed by atoms with Gasteiger partial charge in [0, 0.05) is 30.7 Å². The number of hydrogen-bond acceptors (Lipinski definition) is 5. The highest BCUT2D eigenvalue weighted by Crippen LogP contribution is 2.26.